The highest BCUT2D eigenvalue weighted by Gasteiger charge is 2.27. The zero-order chi connectivity index (χ0) is 17.0. The second kappa shape index (κ2) is 7.01. The Labute approximate surface area is 141 Å². The molecule has 7 nitrogen and oxygen atoms in total. The first-order valence-corrected chi connectivity index (χ1v) is 7.83. The SMILES string of the molecule is CC[C@@](C)(CO)NC(=O)C(=O)Nc1ccc2nccnc2c1Br. The predicted octanol–water partition coefficient (Wildman–Crippen LogP) is 1.61. The van der Waals surface area contributed by atoms with Gasteiger partial charge in [-0.15, -0.1) is 0 Å². The summed E-state index contributed by atoms with van der Waals surface area (Å²) in [6.07, 6.45) is 3.61. The van der Waals surface area contributed by atoms with Crippen LogP contribution in [0.25, 0.3) is 11.0 Å². The van der Waals surface area contributed by atoms with Crippen molar-refractivity contribution in [2.75, 3.05) is 11.9 Å². The molecule has 0 radical (unpaired) electrons. The van der Waals surface area contributed by atoms with E-state index in [0.29, 0.717) is 27.6 Å². The minimum atomic E-state index is -0.833. The maximum absolute atomic E-state index is 12.0. The molecule has 0 saturated heterocycles. The number of hydrogen-bond donors (Lipinski definition) is 3. The Hall–Kier alpha value is -2.06. The third-order valence-corrected chi connectivity index (χ3v) is 4.38. The molecule has 23 heavy (non-hydrogen) atoms. The van der Waals surface area contributed by atoms with E-state index in [0.717, 1.165) is 0 Å². The van der Waals surface area contributed by atoms with Gasteiger partial charge in [-0.05, 0) is 41.4 Å². The van der Waals surface area contributed by atoms with Crippen molar-refractivity contribution in [2.45, 2.75) is 25.8 Å². The van der Waals surface area contributed by atoms with Gasteiger partial charge in [0.15, 0.2) is 0 Å². The van der Waals surface area contributed by atoms with Crippen molar-refractivity contribution in [1.29, 1.82) is 0 Å². The average Bonchev–Trinajstić information content (AvgIpc) is 2.57. The maximum Gasteiger partial charge on any atom is 0.313 e. The number of nitrogens with one attached hydrogen (secondary N) is 2. The Kier molecular flexibility index (Phi) is 5.27. The maximum atomic E-state index is 12.0. The van der Waals surface area contributed by atoms with Crippen LogP contribution in [0.15, 0.2) is 29.0 Å². The molecule has 2 amide bonds. The molecule has 0 fully saturated rings. The summed E-state index contributed by atoms with van der Waals surface area (Å²) in [5, 5.41) is 14.3. The van der Waals surface area contributed by atoms with Crippen LogP contribution in [0.3, 0.4) is 0 Å². The fraction of sp³-hybridized carbons (Fsp3) is 0.333. The van der Waals surface area contributed by atoms with Crippen LogP contribution in [-0.4, -0.2) is 39.0 Å². The van der Waals surface area contributed by atoms with Crippen molar-refractivity contribution in [3.63, 3.8) is 0 Å². The summed E-state index contributed by atoms with van der Waals surface area (Å²) in [6.45, 7) is 3.23. The number of halogens is 1. The quantitative estimate of drug-likeness (QED) is 0.698. The highest BCUT2D eigenvalue weighted by atomic mass is 79.9. The summed E-state index contributed by atoms with van der Waals surface area (Å²) in [4.78, 5) is 32.4. The van der Waals surface area contributed by atoms with Crippen molar-refractivity contribution in [3.05, 3.63) is 29.0 Å². The lowest BCUT2D eigenvalue weighted by atomic mass is 10.0. The van der Waals surface area contributed by atoms with Gasteiger partial charge in [0.25, 0.3) is 0 Å². The number of amides is 2. The smallest absolute Gasteiger partial charge is 0.313 e. The molecule has 0 unspecified atom stereocenters. The standard InChI is InChI=1S/C15H17BrN4O3/c1-3-15(2,8-21)20-14(23)13(22)19-9-4-5-10-12(11(9)16)18-7-6-17-10/h4-7,21H,3,8H2,1-2H3,(H,19,22)(H,20,23)/t15-/m0/s1. The summed E-state index contributed by atoms with van der Waals surface area (Å²) < 4.78 is 0.546. The van der Waals surface area contributed by atoms with Crippen molar-refractivity contribution >= 4 is 44.5 Å². The Balaban J connectivity index is 2.17. The lowest BCUT2D eigenvalue weighted by molar-refractivity contribution is -0.137. The molecule has 1 aromatic heterocycles. The number of aliphatic hydroxyl groups is 1. The number of rotatable bonds is 4. The second-order valence-electron chi connectivity index (χ2n) is 5.33. The summed E-state index contributed by atoms with van der Waals surface area (Å²) >= 11 is 3.36. The minimum absolute atomic E-state index is 0.252. The third kappa shape index (κ3) is 3.83. The minimum Gasteiger partial charge on any atom is -0.394 e. The zero-order valence-electron chi connectivity index (χ0n) is 12.8. The first kappa shape index (κ1) is 17.3. The molecule has 0 aliphatic heterocycles. The molecule has 1 heterocycles. The second-order valence-corrected chi connectivity index (χ2v) is 6.12. The van der Waals surface area contributed by atoms with Crippen LogP contribution >= 0.6 is 15.9 Å². The number of aromatic nitrogens is 2. The molecule has 0 bridgehead atoms. The number of anilines is 1. The van der Waals surface area contributed by atoms with Gasteiger partial charge in [-0.25, -0.2) is 0 Å². The Morgan fingerprint density at radius 1 is 1.26 bits per heavy atom. The fourth-order valence-corrected chi connectivity index (χ4v) is 2.39. The predicted molar refractivity (Wildman–Crippen MR) is 89.8 cm³/mol. The molecule has 2 aromatic rings. The zero-order valence-corrected chi connectivity index (χ0v) is 14.3. The van der Waals surface area contributed by atoms with Crippen molar-refractivity contribution in [2.24, 2.45) is 0 Å². The lowest BCUT2D eigenvalue weighted by Crippen LogP contribution is -2.51. The summed E-state index contributed by atoms with van der Waals surface area (Å²) in [5.74, 6) is -1.63. The van der Waals surface area contributed by atoms with E-state index in [2.05, 4.69) is 36.5 Å². The molecule has 0 saturated carbocycles. The molecule has 2 rings (SSSR count). The largest absolute Gasteiger partial charge is 0.394 e. The van der Waals surface area contributed by atoms with Crippen LogP contribution < -0.4 is 10.6 Å². The van der Waals surface area contributed by atoms with Gasteiger partial charge < -0.3 is 15.7 Å². The molecule has 0 aliphatic carbocycles. The van der Waals surface area contributed by atoms with Crippen molar-refractivity contribution in [1.82, 2.24) is 15.3 Å². The van der Waals surface area contributed by atoms with E-state index in [1.54, 1.807) is 31.5 Å². The topological polar surface area (TPSA) is 104 Å². The Bertz CT molecular complexity index is 747. The van der Waals surface area contributed by atoms with Crippen LogP contribution in [0.2, 0.25) is 0 Å². The number of benzene rings is 1. The van der Waals surface area contributed by atoms with Gasteiger partial charge in [0, 0.05) is 12.4 Å². The molecular weight excluding hydrogens is 364 g/mol. The van der Waals surface area contributed by atoms with E-state index >= 15 is 0 Å². The highest BCUT2D eigenvalue weighted by Crippen LogP contribution is 2.28. The first-order chi connectivity index (χ1) is 10.9. The van der Waals surface area contributed by atoms with Crippen LogP contribution in [0.4, 0.5) is 5.69 Å². The van der Waals surface area contributed by atoms with Gasteiger partial charge in [0.1, 0.15) is 5.52 Å². The number of nitrogens with zero attached hydrogens (tertiary/aromatic N) is 2. The van der Waals surface area contributed by atoms with Crippen LogP contribution in [-0.2, 0) is 9.59 Å². The fourth-order valence-electron chi connectivity index (χ4n) is 1.85. The van der Waals surface area contributed by atoms with E-state index in [1.165, 1.54) is 0 Å². The number of fused-ring (bicyclic) bond motifs is 1. The molecule has 1 atom stereocenters. The molecule has 8 heteroatoms. The highest BCUT2D eigenvalue weighted by molar-refractivity contribution is 9.10. The van der Waals surface area contributed by atoms with Crippen molar-refractivity contribution in [3.8, 4) is 0 Å². The molecular formula is C15H17BrN4O3. The van der Waals surface area contributed by atoms with Gasteiger partial charge in [0.2, 0.25) is 0 Å². The van der Waals surface area contributed by atoms with Gasteiger partial charge in [0.05, 0.1) is 27.8 Å². The van der Waals surface area contributed by atoms with Crippen molar-refractivity contribution < 1.29 is 14.7 Å². The number of carbonyl (C=O) groups excluding carboxylic acids is 2. The summed E-state index contributed by atoms with van der Waals surface area (Å²) in [5.41, 5.74) is 0.834. The molecule has 122 valence electrons. The van der Waals surface area contributed by atoms with E-state index < -0.39 is 17.4 Å². The number of hydrogen-bond acceptors (Lipinski definition) is 5. The van der Waals surface area contributed by atoms with Crippen LogP contribution in [0.5, 0.6) is 0 Å². The normalized spacial score (nSPS) is 13.4. The molecule has 0 spiro atoms. The average molecular weight is 381 g/mol. The summed E-state index contributed by atoms with van der Waals surface area (Å²) in [6, 6.07) is 3.34. The Morgan fingerprint density at radius 2 is 1.96 bits per heavy atom. The van der Waals surface area contributed by atoms with E-state index in [-0.39, 0.29) is 6.61 Å². The monoisotopic (exact) mass is 380 g/mol. The molecule has 0 aliphatic rings. The van der Waals surface area contributed by atoms with Gasteiger partial charge in [-0.2, -0.15) is 0 Å². The van der Waals surface area contributed by atoms with Gasteiger partial charge in [-0.3, -0.25) is 19.6 Å². The van der Waals surface area contributed by atoms with Gasteiger partial charge >= 0.3 is 11.8 Å². The first-order valence-electron chi connectivity index (χ1n) is 7.04. The summed E-state index contributed by atoms with van der Waals surface area (Å²) in [7, 11) is 0. The van der Waals surface area contributed by atoms with E-state index in [4.69, 9.17) is 0 Å². The molecule has 3 N–H and O–H groups in total. The van der Waals surface area contributed by atoms with Crippen LogP contribution in [0.1, 0.15) is 20.3 Å². The van der Waals surface area contributed by atoms with E-state index in [1.807, 2.05) is 6.92 Å². The number of carbonyl (C=O) groups is 2. The van der Waals surface area contributed by atoms with Crippen LogP contribution in [0, 0.1) is 0 Å². The lowest BCUT2D eigenvalue weighted by Gasteiger charge is -2.26. The Morgan fingerprint density at radius 3 is 2.61 bits per heavy atom. The van der Waals surface area contributed by atoms with Gasteiger partial charge in [-0.1, -0.05) is 6.92 Å². The number of aliphatic hydroxyl groups excluding tert-OH is 1. The third-order valence-electron chi connectivity index (χ3n) is 3.58. The van der Waals surface area contributed by atoms with E-state index in [9.17, 15) is 14.7 Å². The molecule has 1 aromatic carbocycles.